The molecule has 0 spiro atoms. The van der Waals surface area contributed by atoms with Crippen LogP contribution in [0.2, 0.25) is 0 Å². The van der Waals surface area contributed by atoms with Gasteiger partial charge in [-0.2, -0.15) is 0 Å². The largest absolute Gasteiger partial charge is 0.338 e. The molecule has 1 unspecified atom stereocenters. The van der Waals surface area contributed by atoms with Gasteiger partial charge in [0.25, 0.3) is 0 Å². The van der Waals surface area contributed by atoms with Gasteiger partial charge in [-0.3, -0.25) is 0 Å². The fourth-order valence-corrected chi connectivity index (χ4v) is 2.19. The van der Waals surface area contributed by atoms with Crippen molar-refractivity contribution in [2.45, 2.75) is 19.4 Å². The van der Waals surface area contributed by atoms with E-state index in [0.717, 1.165) is 13.0 Å². The summed E-state index contributed by atoms with van der Waals surface area (Å²) in [5.41, 5.74) is 2.68. The highest BCUT2D eigenvalue weighted by molar-refractivity contribution is 5.73. The first kappa shape index (κ1) is 11.9. The van der Waals surface area contributed by atoms with E-state index in [0.29, 0.717) is 13.1 Å². The second-order valence-corrected chi connectivity index (χ2v) is 4.20. The molecule has 0 aliphatic carbocycles. The van der Waals surface area contributed by atoms with E-state index in [-0.39, 0.29) is 12.1 Å². The van der Waals surface area contributed by atoms with Crippen LogP contribution in [0.5, 0.6) is 0 Å². The van der Waals surface area contributed by atoms with Crippen LogP contribution < -0.4 is 16.0 Å². The lowest BCUT2D eigenvalue weighted by Gasteiger charge is -2.27. The lowest BCUT2D eigenvalue weighted by molar-refractivity contribution is 0.240. The van der Waals surface area contributed by atoms with Crippen molar-refractivity contribution in [2.75, 3.05) is 19.6 Å². The summed E-state index contributed by atoms with van der Waals surface area (Å²) in [6, 6.07) is 8.53. The molecule has 4 nitrogen and oxygen atoms in total. The SMILES string of the molecule is CCNC(=O)NCC1NCCc2ccccc21. The zero-order chi connectivity index (χ0) is 12.1. The van der Waals surface area contributed by atoms with Gasteiger partial charge in [-0.05, 0) is 31.0 Å². The molecular weight excluding hydrogens is 214 g/mol. The van der Waals surface area contributed by atoms with Crippen LogP contribution in [0.4, 0.5) is 4.79 Å². The van der Waals surface area contributed by atoms with Crippen molar-refractivity contribution in [1.82, 2.24) is 16.0 Å². The minimum atomic E-state index is -0.0997. The molecule has 1 aliphatic heterocycles. The van der Waals surface area contributed by atoms with E-state index in [2.05, 4.69) is 34.1 Å². The maximum absolute atomic E-state index is 11.3. The van der Waals surface area contributed by atoms with E-state index in [1.165, 1.54) is 11.1 Å². The maximum atomic E-state index is 11.3. The Balaban J connectivity index is 1.97. The number of carbonyl (C=O) groups excluding carboxylic acids is 1. The summed E-state index contributed by atoms with van der Waals surface area (Å²) in [6.45, 7) is 4.16. The quantitative estimate of drug-likeness (QED) is 0.734. The van der Waals surface area contributed by atoms with Gasteiger partial charge in [0.15, 0.2) is 0 Å². The molecule has 1 atom stereocenters. The molecule has 1 aliphatic rings. The summed E-state index contributed by atoms with van der Waals surface area (Å²) < 4.78 is 0. The molecule has 17 heavy (non-hydrogen) atoms. The zero-order valence-corrected chi connectivity index (χ0v) is 10.1. The Kier molecular flexibility index (Phi) is 3.98. The van der Waals surface area contributed by atoms with Crippen molar-refractivity contribution in [1.29, 1.82) is 0 Å². The Bertz CT molecular complexity index is 392. The topological polar surface area (TPSA) is 53.2 Å². The van der Waals surface area contributed by atoms with Crippen LogP contribution in [0.25, 0.3) is 0 Å². The average Bonchev–Trinajstić information content (AvgIpc) is 2.36. The monoisotopic (exact) mass is 233 g/mol. The van der Waals surface area contributed by atoms with Crippen LogP contribution in [0, 0.1) is 0 Å². The molecule has 0 saturated heterocycles. The van der Waals surface area contributed by atoms with Gasteiger partial charge in [0.1, 0.15) is 0 Å². The summed E-state index contributed by atoms with van der Waals surface area (Å²) in [5, 5.41) is 9.04. The van der Waals surface area contributed by atoms with Crippen LogP contribution in [-0.2, 0) is 6.42 Å². The molecule has 2 amide bonds. The Morgan fingerprint density at radius 2 is 2.24 bits per heavy atom. The Hall–Kier alpha value is -1.55. The van der Waals surface area contributed by atoms with Crippen molar-refractivity contribution in [3.8, 4) is 0 Å². The summed E-state index contributed by atoms with van der Waals surface area (Å²) in [5.74, 6) is 0. The minimum Gasteiger partial charge on any atom is -0.338 e. The molecule has 4 heteroatoms. The van der Waals surface area contributed by atoms with Crippen molar-refractivity contribution in [3.05, 3.63) is 35.4 Å². The van der Waals surface area contributed by atoms with Crippen molar-refractivity contribution < 1.29 is 4.79 Å². The Morgan fingerprint density at radius 1 is 1.41 bits per heavy atom. The standard InChI is InChI=1S/C13H19N3O/c1-2-14-13(17)16-9-12-11-6-4-3-5-10(11)7-8-15-12/h3-6,12,15H,2,7-9H2,1H3,(H2,14,16,17). The van der Waals surface area contributed by atoms with Crippen molar-refractivity contribution >= 4 is 6.03 Å². The first-order valence-electron chi connectivity index (χ1n) is 6.14. The summed E-state index contributed by atoms with van der Waals surface area (Å²) in [6.07, 6.45) is 1.06. The first-order valence-corrected chi connectivity index (χ1v) is 6.14. The second-order valence-electron chi connectivity index (χ2n) is 4.20. The number of benzene rings is 1. The molecule has 0 saturated carbocycles. The summed E-state index contributed by atoms with van der Waals surface area (Å²) >= 11 is 0. The van der Waals surface area contributed by atoms with Crippen LogP contribution in [0.3, 0.4) is 0 Å². The molecule has 1 heterocycles. The van der Waals surface area contributed by atoms with Crippen molar-refractivity contribution in [3.63, 3.8) is 0 Å². The molecule has 3 N–H and O–H groups in total. The Morgan fingerprint density at radius 3 is 3.06 bits per heavy atom. The molecular formula is C13H19N3O. The van der Waals surface area contributed by atoms with Gasteiger partial charge in [-0.15, -0.1) is 0 Å². The molecule has 0 bridgehead atoms. The predicted octanol–water partition coefficient (Wildman–Crippen LogP) is 1.19. The number of amides is 2. The first-order chi connectivity index (χ1) is 8.31. The van der Waals surface area contributed by atoms with Crippen molar-refractivity contribution in [2.24, 2.45) is 0 Å². The van der Waals surface area contributed by atoms with E-state index in [9.17, 15) is 4.79 Å². The Labute approximate surface area is 102 Å². The minimum absolute atomic E-state index is 0.0997. The van der Waals surface area contributed by atoms with Gasteiger partial charge < -0.3 is 16.0 Å². The van der Waals surface area contributed by atoms with Crippen LogP contribution in [0.15, 0.2) is 24.3 Å². The van der Waals surface area contributed by atoms with Crippen LogP contribution in [-0.4, -0.2) is 25.7 Å². The predicted molar refractivity (Wildman–Crippen MR) is 68.0 cm³/mol. The van der Waals surface area contributed by atoms with E-state index in [1.54, 1.807) is 0 Å². The second kappa shape index (κ2) is 5.68. The fraction of sp³-hybridized carbons (Fsp3) is 0.462. The van der Waals surface area contributed by atoms with E-state index in [1.807, 2.05) is 13.0 Å². The van der Waals surface area contributed by atoms with E-state index in [4.69, 9.17) is 0 Å². The van der Waals surface area contributed by atoms with E-state index < -0.39 is 0 Å². The lowest BCUT2D eigenvalue weighted by atomic mass is 9.94. The molecule has 0 aromatic heterocycles. The molecule has 0 radical (unpaired) electrons. The van der Waals surface area contributed by atoms with Crippen LogP contribution >= 0.6 is 0 Å². The molecule has 1 aromatic rings. The third-order valence-electron chi connectivity index (χ3n) is 3.02. The van der Waals surface area contributed by atoms with Crippen LogP contribution in [0.1, 0.15) is 24.1 Å². The molecule has 2 rings (SSSR count). The number of urea groups is 1. The number of rotatable bonds is 3. The molecule has 0 fully saturated rings. The smallest absolute Gasteiger partial charge is 0.314 e. The zero-order valence-electron chi connectivity index (χ0n) is 10.1. The van der Waals surface area contributed by atoms with Gasteiger partial charge in [-0.25, -0.2) is 4.79 Å². The van der Waals surface area contributed by atoms with Gasteiger partial charge in [-0.1, -0.05) is 24.3 Å². The van der Waals surface area contributed by atoms with Gasteiger partial charge >= 0.3 is 6.03 Å². The normalized spacial score (nSPS) is 18.3. The third-order valence-corrected chi connectivity index (χ3v) is 3.02. The summed E-state index contributed by atoms with van der Waals surface area (Å²) in [4.78, 5) is 11.3. The fourth-order valence-electron chi connectivity index (χ4n) is 2.19. The summed E-state index contributed by atoms with van der Waals surface area (Å²) in [7, 11) is 0. The lowest BCUT2D eigenvalue weighted by Crippen LogP contribution is -2.42. The highest BCUT2D eigenvalue weighted by atomic mass is 16.2. The van der Waals surface area contributed by atoms with E-state index >= 15 is 0 Å². The van der Waals surface area contributed by atoms with Gasteiger partial charge in [0.05, 0.1) is 0 Å². The van der Waals surface area contributed by atoms with Gasteiger partial charge in [0, 0.05) is 19.1 Å². The highest BCUT2D eigenvalue weighted by Crippen LogP contribution is 2.21. The third kappa shape index (κ3) is 2.97. The van der Waals surface area contributed by atoms with Gasteiger partial charge in [0.2, 0.25) is 0 Å². The number of fused-ring (bicyclic) bond motifs is 1. The number of carbonyl (C=O) groups is 1. The highest BCUT2D eigenvalue weighted by Gasteiger charge is 2.19. The molecule has 92 valence electrons. The maximum Gasteiger partial charge on any atom is 0.314 e. The number of hydrogen-bond acceptors (Lipinski definition) is 2. The molecule has 1 aromatic carbocycles. The average molecular weight is 233 g/mol. The number of nitrogens with one attached hydrogen (secondary N) is 3. The number of hydrogen-bond donors (Lipinski definition) is 3.